The van der Waals surface area contributed by atoms with Gasteiger partial charge in [0.05, 0.1) is 24.3 Å². The zero-order valence-electron chi connectivity index (χ0n) is 12.2. The summed E-state index contributed by atoms with van der Waals surface area (Å²) in [6, 6.07) is 5.25. The lowest BCUT2D eigenvalue weighted by molar-refractivity contribution is -0.136. The smallest absolute Gasteiger partial charge is 0.336 e. The Bertz CT molecular complexity index is 747. The minimum absolute atomic E-state index is 0.136. The van der Waals surface area contributed by atoms with Crippen molar-refractivity contribution in [3.63, 3.8) is 0 Å². The van der Waals surface area contributed by atoms with Crippen LogP contribution in [0.3, 0.4) is 0 Å². The number of likely N-dealkylation sites (N-methyl/N-ethyl adjacent to an activating group) is 1. The van der Waals surface area contributed by atoms with E-state index >= 15 is 0 Å². The molecular formula is C16H15NO5. The first-order valence-electron chi connectivity index (χ1n) is 6.78. The maximum atomic E-state index is 11.7. The van der Waals surface area contributed by atoms with E-state index in [1.165, 1.54) is 13.2 Å². The van der Waals surface area contributed by atoms with Gasteiger partial charge in [0.1, 0.15) is 5.75 Å². The van der Waals surface area contributed by atoms with Crippen LogP contribution in [0, 0.1) is 0 Å². The lowest BCUT2D eigenvalue weighted by Gasteiger charge is -2.26. The van der Waals surface area contributed by atoms with E-state index in [0.717, 1.165) is 11.3 Å². The third kappa shape index (κ3) is 1.88. The van der Waals surface area contributed by atoms with Crippen molar-refractivity contribution < 1.29 is 24.5 Å². The number of rotatable bonds is 3. The summed E-state index contributed by atoms with van der Waals surface area (Å²) in [5, 5.41) is 18.8. The fraction of sp³-hybridized carbons (Fsp3) is 0.250. The molecular weight excluding hydrogens is 286 g/mol. The van der Waals surface area contributed by atoms with Crippen molar-refractivity contribution in [3.8, 4) is 5.75 Å². The molecule has 3 rings (SSSR count). The Morgan fingerprint density at radius 2 is 2.00 bits per heavy atom. The minimum Gasteiger partial charge on any atom is -0.497 e. The first-order chi connectivity index (χ1) is 10.5. The fourth-order valence-electron chi connectivity index (χ4n) is 3.18. The number of nitrogens with zero attached hydrogens (tertiary/aromatic N) is 1. The number of fused-ring (bicyclic) bond motifs is 3. The van der Waals surface area contributed by atoms with Gasteiger partial charge in [-0.2, -0.15) is 0 Å². The van der Waals surface area contributed by atoms with Crippen LogP contribution in [-0.4, -0.2) is 42.4 Å². The second kappa shape index (κ2) is 4.91. The van der Waals surface area contributed by atoms with Crippen LogP contribution in [0.1, 0.15) is 12.0 Å². The van der Waals surface area contributed by atoms with Gasteiger partial charge in [-0.15, -0.1) is 0 Å². The fourth-order valence-corrected chi connectivity index (χ4v) is 3.18. The highest BCUT2D eigenvalue weighted by molar-refractivity contribution is 6.14. The van der Waals surface area contributed by atoms with Crippen molar-refractivity contribution in [2.75, 3.05) is 19.1 Å². The monoisotopic (exact) mass is 301 g/mol. The lowest BCUT2D eigenvalue weighted by atomic mass is 9.85. The first kappa shape index (κ1) is 14.2. The van der Waals surface area contributed by atoms with Crippen LogP contribution < -0.4 is 9.64 Å². The Hall–Kier alpha value is -2.76. The molecule has 0 saturated carbocycles. The molecule has 1 aromatic carbocycles. The van der Waals surface area contributed by atoms with E-state index in [1.54, 1.807) is 12.1 Å². The van der Waals surface area contributed by atoms with Gasteiger partial charge in [-0.25, -0.2) is 9.59 Å². The second-order valence-corrected chi connectivity index (χ2v) is 5.26. The molecule has 2 aliphatic rings. The van der Waals surface area contributed by atoms with E-state index < -0.39 is 11.9 Å². The van der Waals surface area contributed by atoms with Crippen molar-refractivity contribution in [3.05, 3.63) is 41.0 Å². The number of aliphatic carboxylic acids is 2. The summed E-state index contributed by atoms with van der Waals surface area (Å²) < 4.78 is 5.20. The van der Waals surface area contributed by atoms with E-state index in [9.17, 15) is 19.8 Å². The van der Waals surface area contributed by atoms with E-state index in [4.69, 9.17) is 4.74 Å². The molecule has 0 bridgehead atoms. The third-order valence-electron chi connectivity index (χ3n) is 4.20. The van der Waals surface area contributed by atoms with Gasteiger partial charge in [-0.1, -0.05) is 6.08 Å². The summed E-state index contributed by atoms with van der Waals surface area (Å²) in [5.74, 6) is -1.84. The topological polar surface area (TPSA) is 87.1 Å². The number of anilines is 1. The molecule has 1 aliphatic carbocycles. The minimum atomic E-state index is -1.22. The number of hydrogen-bond acceptors (Lipinski definition) is 4. The zero-order valence-corrected chi connectivity index (χ0v) is 12.2. The van der Waals surface area contributed by atoms with Crippen molar-refractivity contribution in [2.24, 2.45) is 0 Å². The van der Waals surface area contributed by atoms with Crippen LogP contribution in [-0.2, 0) is 9.59 Å². The third-order valence-corrected chi connectivity index (χ3v) is 4.20. The molecule has 1 aliphatic heterocycles. The molecule has 1 aromatic rings. The predicted octanol–water partition coefficient (Wildman–Crippen LogP) is 1.77. The van der Waals surface area contributed by atoms with Gasteiger partial charge in [-0.05, 0) is 30.2 Å². The SMILES string of the molecule is COc1ccc2c(c1)C1=C(C(=O)O)C(C(=O)O)=CCC1N2C. The predicted molar refractivity (Wildman–Crippen MR) is 80.1 cm³/mol. The number of carbonyl (C=O) groups is 2. The molecule has 114 valence electrons. The Labute approximate surface area is 126 Å². The van der Waals surface area contributed by atoms with Gasteiger partial charge >= 0.3 is 11.9 Å². The molecule has 0 saturated heterocycles. The molecule has 2 N–H and O–H groups in total. The van der Waals surface area contributed by atoms with E-state index in [0.29, 0.717) is 17.7 Å². The molecule has 6 nitrogen and oxygen atoms in total. The Morgan fingerprint density at radius 1 is 1.27 bits per heavy atom. The second-order valence-electron chi connectivity index (χ2n) is 5.26. The van der Waals surface area contributed by atoms with Crippen LogP contribution in [0.4, 0.5) is 5.69 Å². The quantitative estimate of drug-likeness (QED) is 0.884. The normalized spacial score (nSPS) is 19.5. The largest absolute Gasteiger partial charge is 0.497 e. The molecule has 0 fully saturated rings. The van der Waals surface area contributed by atoms with Gasteiger partial charge in [-0.3, -0.25) is 0 Å². The van der Waals surface area contributed by atoms with Gasteiger partial charge in [0.15, 0.2) is 0 Å². The van der Waals surface area contributed by atoms with E-state index in [1.807, 2.05) is 18.0 Å². The van der Waals surface area contributed by atoms with E-state index in [2.05, 4.69) is 0 Å². The number of ether oxygens (including phenoxy) is 1. The molecule has 6 heteroatoms. The standard InChI is InChI=1S/C16H15NO5/c1-17-11-5-3-8(22-2)7-10(11)13-12(17)6-4-9(15(18)19)14(13)16(20)21/h3-5,7,12H,6H2,1-2H3,(H,18,19)(H,20,21). The average Bonchev–Trinajstić information content (AvgIpc) is 2.78. The molecule has 1 heterocycles. The van der Waals surface area contributed by atoms with Crippen LogP contribution in [0.2, 0.25) is 0 Å². The lowest BCUT2D eigenvalue weighted by Crippen LogP contribution is -2.31. The van der Waals surface area contributed by atoms with Gasteiger partial charge in [0, 0.05) is 18.3 Å². The number of hydrogen-bond donors (Lipinski definition) is 2. The summed E-state index contributed by atoms with van der Waals surface area (Å²) in [6.45, 7) is 0. The van der Waals surface area contributed by atoms with Crippen molar-refractivity contribution in [2.45, 2.75) is 12.5 Å². The molecule has 1 unspecified atom stereocenters. The van der Waals surface area contributed by atoms with Crippen molar-refractivity contribution in [1.82, 2.24) is 0 Å². The Kier molecular flexibility index (Phi) is 3.16. The van der Waals surface area contributed by atoms with Crippen LogP contribution >= 0.6 is 0 Å². The molecule has 0 aromatic heterocycles. The van der Waals surface area contributed by atoms with Crippen molar-refractivity contribution >= 4 is 23.2 Å². The highest BCUT2D eigenvalue weighted by atomic mass is 16.5. The maximum absolute atomic E-state index is 11.7. The van der Waals surface area contributed by atoms with Crippen LogP contribution in [0.15, 0.2) is 35.4 Å². The Balaban J connectivity index is 2.30. The summed E-state index contributed by atoms with van der Waals surface area (Å²) in [5.41, 5.74) is 1.85. The number of benzene rings is 1. The summed E-state index contributed by atoms with van der Waals surface area (Å²) in [7, 11) is 3.41. The Morgan fingerprint density at radius 3 is 2.59 bits per heavy atom. The molecule has 1 atom stereocenters. The highest BCUT2D eigenvalue weighted by Crippen LogP contribution is 2.47. The summed E-state index contributed by atoms with van der Waals surface area (Å²) in [6.07, 6.45) is 1.95. The molecule has 22 heavy (non-hydrogen) atoms. The average molecular weight is 301 g/mol. The maximum Gasteiger partial charge on any atom is 0.336 e. The zero-order chi connectivity index (χ0) is 16.0. The van der Waals surface area contributed by atoms with Gasteiger partial charge in [0.2, 0.25) is 0 Å². The van der Waals surface area contributed by atoms with Crippen molar-refractivity contribution in [1.29, 1.82) is 0 Å². The molecule has 0 radical (unpaired) electrons. The highest BCUT2D eigenvalue weighted by Gasteiger charge is 2.40. The first-order valence-corrected chi connectivity index (χ1v) is 6.78. The molecule has 0 spiro atoms. The summed E-state index contributed by atoms with van der Waals surface area (Å²) >= 11 is 0. The number of carboxylic acid groups (broad SMARTS) is 2. The van der Waals surface area contributed by atoms with Crippen LogP contribution in [0.25, 0.3) is 5.57 Å². The van der Waals surface area contributed by atoms with Crippen LogP contribution in [0.5, 0.6) is 5.75 Å². The van der Waals surface area contributed by atoms with Gasteiger partial charge < -0.3 is 19.8 Å². The number of carboxylic acids is 2. The van der Waals surface area contributed by atoms with Gasteiger partial charge in [0.25, 0.3) is 0 Å². The number of methoxy groups -OCH3 is 1. The van der Waals surface area contributed by atoms with E-state index in [-0.39, 0.29) is 17.2 Å². The molecule has 0 amide bonds. The summed E-state index contributed by atoms with van der Waals surface area (Å²) in [4.78, 5) is 25.0.